The van der Waals surface area contributed by atoms with E-state index in [0.29, 0.717) is 12.0 Å². The zero-order valence-corrected chi connectivity index (χ0v) is 26.0. The fourth-order valence-electron chi connectivity index (χ4n) is 4.68. The van der Waals surface area contributed by atoms with Gasteiger partial charge >= 0.3 is 12.1 Å². The number of hydrogen-bond acceptors (Lipinski definition) is 6. The Bertz CT molecular complexity index is 1240. The summed E-state index contributed by atoms with van der Waals surface area (Å²) in [6.07, 6.45) is 0.203. The van der Waals surface area contributed by atoms with Gasteiger partial charge in [0, 0.05) is 12.5 Å². The van der Waals surface area contributed by atoms with Gasteiger partial charge in [0.15, 0.2) is 0 Å². The van der Waals surface area contributed by atoms with Crippen LogP contribution in [0.2, 0.25) is 0 Å². The summed E-state index contributed by atoms with van der Waals surface area (Å²) in [6, 6.07) is 15.1. The number of carbonyl (C=O) groups excluding carboxylic acids is 4. The Morgan fingerprint density at radius 3 is 1.88 bits per heavy atom. The molecule has 3 amide bonds. The zero-order chi connectivity index (χ0) is 31.2. The van der Waals surface area contributed by atoms with Crippen molar-refractivity contribution in [3.8, 4) is 0 Å². The second-order valence-electron chi connectivity index (χ2n) is 13.0. The van der Waals surface area contributed by atoms with E-state index in [1.807, 2.05) is 43.3 Å². The lowest BCUT2D eigenvalue weighted by Gasteiger charge is -2.35. The summed E-state index contributed by atoms with van der Waals surface area (Å²) in [7, 11) is 0. The van der Waals surface area contributed by atoms with Gasteiger partial charge in [0.1, 0.15) is 29.3 Å². The maximum atomic E-state index is 14.2. The van der Waals surface area contributed by atoms with Crippen molar-refractivity contribution in [2.24, 2.45) is 5.92 Å². The van der Waals surface area contributed by atoms with Gasteiger partial charge < -0.3 is 25.0 Å². The SMILES string of the molecule is CC(NC(=O)OC(C)(C)C)C(=O)N(C(C(=O)NC(Cc1ccccc1)C(=O)OC(C)(C)C)c1ccccc1)C1CC1C. The van der Waals surface area contributed by atoms with Crippen LogP contribution in [0.5, 0.6) is 0 Å². The highest BCUT2D eigenvalue weighted by Crippen LogP contribution is 2.40. The first-order chi connectivity index (χ1) is 19.6. The monoisotopic (exact) mass is 579 g/mol. The number of rotatable bonds is 10. The van der Waals surface area contributed by atoms with Crippen LogP contribution in [-0.4, -0.2) is 58.1 Å². The maximum absolute atomic E-state index is 14.2. The predicted octanol–water partition coefficient (Wildman–Crippen LogP) is 4.95. The lowest BCUT2D eigenvalue weighted by Crippen LogP contribution is -2.55. The van der Waals surface area contributed by atoms with E-state index < -0.39 is 53.2 Å². The average Bonchev–Trinajstić information content (AvgIpc) is 3.60. The molecule has 2 N–H and O–H groups in total. The molecule has 0 radical (unpaired) electrons. The van der Waals surface area contributed by atoms with Crippen molar-refractivity contribution in [2.75, 3.05) is 0 Å². The standard InChI is InChI=1S/C33H45N3O6/c1-21-19-26(21)36(29(38)22(2)34-31(40)42-33(6,7)8)27(24-17-13-10-14-18-24)28(37)35-25(30(39)41-32(3,4)5)20-23-15-11-9-12-16-23/h9-18,21-22,25-27H,19-20H2,1-8H3,(H,34,40)(H,35,37). The Kier molecular flexibility index (Phi) is 10.4. The summed E-state index contributed by atoms with van der Waals surface area (Å²) < 4.78 is 11.0. The zero-order valence-electron chi connectivity index (χ0n) is 26.0. The van der Waals surface area contributed by atoms with Crippen LogP contribution < -0.4 is 10.6 Å². The van der Waals surface area contributed by atoms with E-state index in [2.05, 4.69) is 10.6 Å². The highest BCUT2D eigenvalue weighted by Gasteiger charge is 2.48. The molecule has 9 nitrogen and oxygen atoms in total. The first kappa shape index (κ1) is 32.6. The lowest BCUT2D eigenvalue weighted by molar-refractivity contribution is -0.159. The first-order valence-electron chi connectivity index (χ1n) is 14.5. The maximum Gasteiger partial charge on any atom is 0.408 e. The highest BCUT2D eigenvalue weighted by molar-refractivity contribution is 5.94. The summed E-state index contributed by atoms with van der Waals surface area (Å²) in [5.74, 6) is -1.34. The molecule has 9 heteroatoms. The van der Waals surface area contributed by atoms with Crippen LogP contribution in [0.4, 0.5) is 4.79 Å². The second kappa shape index (κ2) is 13.4. The molecule has 1 fully saturated rings. The normalized spacial score (nSPS) is 18.6. The minimum Gasteiger partial charge on any atom is -0.458 e. The quantitative estimate of drug-likeness (QED) is 0.385. The van der Waals surface area contributed by atoms with Crippen LogP contribution >= 0.6 is 0 Å². The fraction of sp³-hybridized carbons (Fsp3) is 0.515. The molecular formula is C33H45N3O6. The van der Waals surface area contributed by atoms with Crippen molar-refractivity contribution in [1.29, 1.82) is 0 Å². The van der Waals surface area contributed by atoms with E-state index in [-0.39, 0.29) is 18.4 Å². The number of esters is 1. The van der Waals surface area contributed by atoms with Crippen LogP contribution in [0.3, 0.4) is 0 Å². The third kappa shape index (κ3) is 9.60. The van der Waals surface area contributed by atoms with Crippen LogP contribution in [0.15, 0.2) is 60.7 Å². The number of nitrogens with one attached hydrogen (secondary N) is 2. The van der Waals surface area contributed by atoms with Crippen LogP contribution in [-0.2, 0) is 30.3 Å². The second-order valence-corrected chi connectivity index (χ2v) is 13.0. The molecule has 2 aromatic carbocycles. The van der Waals surface area contributed by atoms with Crippen molar-refractivity contribution in [2.45, 2.75) is 104 Å². The molecule has 5 unspecified atom stereocenters. The molecular weight excluding hydrogens is 534 g/mol. The molecule has 1 aliphatic rings. The van der Waals surface area contributed by atoms with Crippen LogP contribution in [0, 0.1) is 5.92 Å². The minimum absolute atomic E-state index is 0.160. The van der Waals surface area contributed by atoms with Crippen LogP contribution in [0.25, 0.3) is 0 Å². The van der Waals surface area contributed by atoms with Gasteiger partial charge in [0.05, 0.1) is 0 Å². The summed E-state index contributed by atoms with van der Waals surface area (Å²) in [5, 5.41) is 5.53. The first-order valence-corrected chi connectivity index (χ1v) is 14.5. The van der Waals surface area contributed by atoms with Gasteiger partial charge in [-0.05, 0) is 71.9 Å². The number of nitrogens with zero attached hydrogens (tertiary/aromatic N) is 1. The van der Waals surface area contributed by atoms with Gasteiger partial charge in [0.25, 0.3) is 0 Å². The van der Waals surface area contributed by atoms with Gasteiger partial charge in [-0.2, -0.15) is 0 Å². The Labute approximate surface area is 249 Å². The average molecular weight is 580 g/mol. The van der Waals surface area contributed by atoms with E-state index >= 15 is 0 Å². The molecule has 228 valence electrons. The van der Waals surface area contributed by atoms with Crippen molar-refractivity contribution in [3.63, 3.8) is 0 Å². The van der Waals surface area contributed by atoms with E-state index in [1.54, 1.807) is 77.6 Å². The Balaban J connectivity index is 1.95. The summed E-state index contributed by atoms with van der Waals surface area (Å²) in [6.45, 7) is 14.1. The number of alkyl carbamates (subject to hydrolysis) is 1. The van der Waals surface area contributed by atoms with E-state index in [1.165, 1.54) is 0 Å². The van der Waals surface area contributed by atoms with Crippen molar-refractivity contribution in [1.82, 2.24) is 15.5 Å². The molecule has 0 bridgehead atoms. The number of benzene rings is 2. The fourth-order valence-corrected chi connectivity index (χ4v) is 4.68. The predicted molar refractivity (Wildman–Crippen MR) is 160 cm³/mol. The van der Waals surface area contributed by atoms with E-state index in [4.69, 9.17) is 9.47 Å². The van der Waals surface area contributed by atoms with Crippen molar-refractivity contribution < 1.29 is 28.7 Å². The molecule has 2 aromatic rings. The van der Waals surface area contributed by atoms with Gasteiger partial charge in [-0.3, -0.25) is 9.59 Å². The molecule has 0 heterocycles. The van der Waals surface area contributed by atoms with Gasteiger partial charge in [0.2, 0.25) is 11.8 Å². The molecule has 5 atom stereocenters. The van der Waals surface area contributed by atoms with Gasteiger partial charge in [-0.1, -0.05) is 67.6 Å². The lowest BCUT2D eigenvalue weighted by atomic mass is 10.0. The van der Waals surface area contributed by atoms with Crippen molar-refractivity contribution >= 4 is 23.9 Å². The summed E-state index contributed by atoms with van der Waals surface area (Å²) in [4.78, 5) is 55.5. The molecule has 0 aromatic heterocycles. The molecule has 0 saturated heterocycles. The number of hydrogen-bond donors (Lipinski definition) is 2. The Hall–Kier alpha value is -3.88. The number of ether oxygens (including phenoxy) is 2. The molecule has 42 heavy (non-hydrogen) atoms. The van der Waals surface area contributed by atoms with E-state index in [0.717, 1.165) is 5.56 Å². The number of amides is 3. The Morgan fingerprint density at radius 1 is 0.857 bits per heavy atom. The van der Waals surface area contributed by atoms with Gasteiger partial charge in [-0.15, -0.1) is 0 Å². The van der Waals surface area contributed by atoms with Crippen molar-refractivity contribution in [3.05, 3.63) is 71.8 Å². The van der Waals surface area contributed by atoms with E-state index in [9.17, 15) is 19.2 Å². The highest BCUT2D eigenvalue weighted by atomic mass is 16.6. The van der Waals surface area contributed by atoms with Gasteiger partial charge in [-0.25, -0.2) is 9.59 Å². The third-order valence-corrected chi connectivity index (χ3v) is 6.71. The smallest absolute Gasteiger partial charge is 0.408 e. The summed E-state index contributed by atoms with van der Waals surface area (Å²) >= 11 is 0. The molecule has 0 aliphatic heterocycles. The molecule has 3 rings (SSSR count). The molecule has 1 saturated carbocycles. The topological polar surface area (TPSA) is 114 Å². The largest absolute Gasteiger partial charge is 0.458 e. The molecule has 1 aliphatic carbocycles. The minimum atomic E-state index is -1.04. The molecule has 0 spiro atoms. The number of carbonyl (C=O) groups is 4. The van der Waals surface area contributed by atoms with Crippen LogP contribution in [0.1, 0.15) is 79.0 Å². The summed E-state index contributed by atoms with van der Waals surface area (Å²) in [5.41, 5.74) is -0.0538. The third-order valence-electron chi connectivity index (χ3n) is 6.71. The Morgan fingerprint density at radius 2 is 1.38 bits per heavy atom.